The maximum Gasteiger partial charge on any atom is 0.0903 e. The van der Waals surface area contributed by atoms with E-state index in [1.165, 1.54) is 0 Å². The molecule has 1 aliphatic rings. The predicted octanol–water partition coefficient (Wildman–Crippen LogP) is 1.40. The highest BCUT2D eigenvalue weighted by Crippen LogP contribution is 2.25. The first-order valence-corrected chi connectivity index (χ1v) is 3.58. The lowest BCUT2D eigenvalue weighted by atomic mass is 10.1. The van der Waals surface area contributed by atoms with Crippen LogP contribution in [0.3, 0.4) is 0 Å². The summed E-state index contributed by atoms with van der Waals surface area (Å²) in [6, 6.07) is 0. The van der Waals surface area contributed by atoms with E-state index in [-0.39, 0.29) is 12.0 Å². The standard InChI is InChI=1S/C7H11ClO2/c1-5(8)6-3-10-4-7(6)9-2/h6-7H,1,3-4H2,2H3/t6-,7-/m0/s1. The Morgan fingerprint density at radius 2 is 2.40 bits per heavy atom. The Bertz CT molecular complexity index is 136. The molecule has 0 aromatic carbocycles. The fourth-order valence-corrected chi connectivity index (χ4v) is 1.26. The molecule has 2 atom stereocenters. The summed E-state index contributed by atoms with van der Waals surface area (Å²) < 4.78 is 10.3. The molecule has 0 unspecified atom stereocenters. The van der Waals surface area contributed by atoms with Gasteiger partial charge in [-0.1, -0.05) is 18.2 Å². The Kier molecular flexibility index (Phi) is 2.72. The Balaban J connectivity index is 2.50. The van der Waals surface area contributed by atoms with Crippen molar-refractivity contribution in [2.75, 3.05) is 20.3 Å². The van der Waals surface area contributed by atoms with Gasteiger partial charge in [0.1, 0.15) is 0 Å². The van der Waals surface area contributed by atoms with Gasteiger partial charge in [0.15, 0.2) is 0 Å². The number of hydrogen-bond acceptors (Lipinski definition) is 2. The van der Waals surface area contributed by atoms with Crippen LogP contribution in [0.2, 0.25) is 0 Å². The first kappa shape index (κ1) is 8.05. The van der Waals surface area contributed by atoms with Gasteiger partial charge >= 0.3 is 0 Å². The molecule has 0 aliphatic carbocycles. The van der Waals surface area contributed by atoms with Crippen molar-refractivity contribution in [2.24, 2.45) is 5.92 Å². The van der Waals surface area contributed by atoms with Crippen LogP contribution in [-0.4, -0.2) is 26.4 Å². The summed E-state index contributed by atoms with van der Waals surface area (Å²) in [5.74, 6) is 0.173. The Morgan fingerprint density at radius 3 is 2.80 bits per heavy atom. The lowest BCUT2D eigenvalue weighted by molar-refractivity contribution is 0.0731. The van der Waals surface area contributed by atoms with Crippen LogP contribution in [0.15, 0.2) is 11.6 Å². The van der Waals surface area contributed by atoms with Gasteiger partial charge in [-0.3, -0.25) is 0 Å². The van der Waals surface area contributed by atoms with Crippen LogP contribution in [0, 0.1) is 5.92 Å². The summed E-state index contributed by atoms with van der Waals surface area (Å²) in [5, 5.41) is 0.629. The Morgan fingerprint density at radius 1 is 1.70 bits per heavy atom. The summed E-state index contributed by atoms with van der Waals surface area (Å²) in [4.78, 5) is 0. The molecule has 58 valence electrons. The first-order chi connectivity index (χ1) is 4.75. The van der Waals surface area contributed by atoms with E-state index in [2.05, 4.69) is 6.58 Å². The number of halogens is 1. The quantitative estimate of drug-likeness (QED) is 0.611. The van der Waals surface area contributed by atoms with Gasteiger partial charge in [0.2, 0.25) is 0 Å². The van der Waals surface area contributed by atoms with Crippen molar-refractivity contribution >= 4 is 11.6 Å². The van der Waals surface area contributed by atoms with E-state index >= 15 is 0 Å². The molecule has 10 heavy (non-hydrogen) atoms. The second kappa shape index (κ2) is 3.37. The second-order valence-corrected chi connectivity index (χ2v) is 2.85. The van der Waals surface area contributed by atoms with Crippen molar-refractivity contribution < 1.29 is 9.47 Å². The fraction of sp³-hybridized carbons (Fsp3) is 0.714. The number of ether oxygens (including phenoxy) is 2. The minimum atomic E-state index is 0.102. The van der Waals surface area contributed by atoms with Gasteiger partial charge in [0.05, 0.1) is 19.3 Å². The maximum absolute atomic E-state index is 5.70. The van der Waals surface area contributed by atoms with E-state index in [1.807, 2.05) is 0 Å². The van der Waals surface area contributed by atoms with E-state index in [0.29, 0.717) is 18.2 Å². The molecule has 0 radical (unpaired) electrons. The summed E-state index contributed by atoms with van der Waals surface area (Å²) in [6.45, 7) is 4.91. The van der Waals surface area contributed by atoms with E-state index in [9.17, 15) is 0 Å². The topological polar surface area (TPSA) is 18.5 Å². The molecule has 2 nitrogen and oxygen atoms in total. The summed E-state index contributed by atoms with van der Waals surface area (Å²) in [7, 11) is 1.66. The number of methoxy groups -OCH3 is 1. The highest BCUT2D eigenvalue weighted by molar-refractivity contribution is 6.29. The second-order valence-electron chi connectivity index (χ2n) is 2.36. The molecule has 0 bridgehead atoms. The van der Waals surface area contributed by atoms with Crippen LogP contribution < -0.4 is 0 Å². The van der Waals surface area contributed by atoms with Crippen molar-refractivity contribution in [2.45, 2.75) is 6.10 Å². The molecule has 1 fully saturated rings. The summed E-state index contributed by atoms with van der Waals surface area (Å²) >= 11 is 5.70. The normalized spacial score (nSPS) is 32.6. The van der Waals surface area contributed by atoms with Crippen molar-refractivity contribution in [3.05, 3.63) is 11.6 Å². The van der Waals surface area contributed by atoms with Crippen LogP contribution in [0.5, 0.6) is 0 Å². The first-order valence-electron chi connectivity index (χ1n) is 3.20. The van der Waals surface area contributed by atoms with E-state index in [0.717, 1.165) is 0 Å². The molecule has 1 aliphatic heterocycles. The highest BCUT2D eigenvalue weighted by Gasteiger charge is 2.29. The van der Waals surface area contributed by atoms with Gasteiger partial charge in [-0.2, -0.15) is 0 Å². The molecule has 0 N–H and O–H groups in total. The van der Waals surface area contributed by atoms with Gasteiger partial charge in [-0.15, -0.1) is 0 Å². The largest absolute Gasteiger partial charge is 0.378 e. The fourth-order valence-electron chi connectivity index (χ4n) is 1.06. The smallest absolute Gasteiger partial charge is 0.0903 e. The number of hydrogen-bond donors (Lipinski definition) is 0. The van der Waals surface area contributed by atoms with E-state index < -0.39 is 0 Å². The monoisotopic (exact) mass is 162 g/mol. The molecular weight excluding hydrogens is 152 g/mol. The number of rotatable bonds is 2. The Labute approximate surface area is 65.8 Å². The van der Waals surface area contributed by atoms with Crippen LogP contribution >= 0.6 is 11.6 Å². The molecule has 1 heterocycles. The van der Waals surface area contributed by atoms with Gasteiger partial charge in [0.25, 0.3) is 0 Å². The zero-order valence-electron chi connectivity index (χ0n) is 5.97. The molecule has 0 saturated carbocycles. The summed E-state index contributed by atoms with van der Waals surface area (Å²) in [6.07, 6.45) is 0.102. The third-order valence-corrected chi connectivity index (χ3v) is 2.01. The molecule has 0 amide bonds. The SMILES string of the molecule is C=C(Cl)[C@@H]1COC[C@@H]1OC. The molecular formula is C7H11ClO2. The molecule has 0 aromatic heterocycles. The molecule has 3 heteroatoms. The Hall–Kier alpha value is -0.0500. The van der Waals surface area contributed by atoms with Crippen molar-refractivity contribution in [3.63, 3.8) is 0 Å². The van der Waals surface area contributed by atoms with Crippen LogP contribution in [-0.2, 0) is 9.47 Å². The minimum Gasteiger partial charge on any atom is -0.378 e. The molecule has 1 saturated heterocycles. The van der Waals surface area contributed by atoms with Gasteiger partial charge in [-0.05, 0) is 0 Å². The average Bonchev–Trinajstić information content (AvgIpc) is 2.33. The maximum atomic E-state index is 5.70. The predicted molar refractivity (Wildman–Crippen MR) is 40.1 cm³/mol. The van der Waals surface area contributed by atoms with Crippen molar-refractivity contribution in [1.82, 2.24) is 0 Å². The zero-order valence-corrected chi connectivity index (χ0v) is 6.73. The van der Waals surface area contributed by atoms with Crippen LogP contribution in [0.4, 0.5) is 0 Å². The van der Waals surface area contributed by atoms with E-state index in [4.69, 9.17) is 21.1 Å². The van der Waals surface area contributed by atoms with Crippen LogP contribution in [0.25, 0.3) is 0 Å². The average molecular weight is 163 g/mol. The van der Waals surface area contributed by atoms with Gasteiger partial charge in [0, 0.05) is 18.1 Å². The minimum absolute atomic E-state index is 0.102. The highest BCUT2D eigenvalue weighted by atomic mass is 35.5. The third kappa shape index (κ3) is 1.51. The molecule has 0 aromatic rings. The lowest BCUT2D eigenvalue weighted by Crippen LogP contribution is -2.20. The van der Waals surface area contributed by atoms with Gasteiger partial charge < -0.3 is 9.47 Å². The van der Waals surface area contributed by atoms with Crippen molar-refractivity contribution in [3.8, 4) is 0 Å². The van der Waals surface area contributed by atoms with Crippen LogP contribution in [0.1, 0.15) is 0 Å². The third-order valence-electron chi connectivity index (χ3n) is 1.73. The lowest BCUT2D eigenvalue weighted by Gasteiger charge is -2.13. The van der Waals surface area contributed by atoms with Gasteiger partial charge in [-0.25, -0.2) is 0 Å². The zero-order chi connectivity index (χ0) is 7.56. The summed E-state index contributed by atoms with van der Waals surface area (Å²) in [5.41, 5.74) is 0. The van der Waals surface area contributed by atoms with E-state index in [1.54, 1.807) is 7.11 Å². The van der Waals surface area contributed by atoms with Crippen molar-refractivity contribution in [1.29, 1.82) is 0 Å². The molecule has 0 spiro atoms. The molecule has 1 rings (SSSR count).